The van der Waals surface area contributed by atoms with E-state index in [2.05, 4.69) is 35.9 Å². The Morgan fingerprint density at radius 2 is 1.22 bits per heavy atom. The van der Waals surface area contributed by atoms with Crippen LogP contribution in [0, 0.1) is 26.0 Å². The monoisotopic (exact) mass is 494 g/mol. The Bertz CT molecular complexity index is 1500. The van der Waals surface area contributed by atoms with Crippen LogP contribution in [0.2, 0.25) is 5.15 Å². The molecule has 0 bridgehead atoms. The van der Waals surface area contributed by atoms with Crippen LogP contribution in [0.1, 0.15) is 16.7 Å². The summed E-state index contributed by atoms with van der Waals surface area (Å²) in [6, 6.07) is 29.3. The molecule has 0 unspecified atom stereocenters. The van der Waals surface area contributed by atoms with E-state index < -0.39 is 0 Å². The van der Waals surface area contributed by atoms with Crippen molar-refractivity contribution in [2.75, 3.05) is 5.73 Å². The quantitative estimate of drug-likeness (QED) is 0.139. The van der Waals surface area contributed by atoms with Gasteiger partial charge in [-0.25, -0.2) is 9.97 Å². The molecule has 0 amide bonds. The van der Waals surface area contributed by atoms with Gasteiger partial charge in [0.05, 0.1) is 11.0 Å². The smallest absolute Gasteiger partial charge is 0.223 e. The molecule has 0 aliphatic rings. The Labute approximate surface area is 215 Å². The lowest BCUT2D eigenvalue weighted by atomic mass is 10.1. The number of nitrogens with two attached hydrogens (primary N) is 1. The number of rotatable bonds is 0. The highest BCUT2D eigenvalue weighted by Crippen LogP contribution is 2.17. The fraction of sp³-hybridized carbons (Fsp3) is 0.100. The molecule has 180 valence electrons. The fourth-order valence-corrected chi connectivity index (χ4v) is 3.95. The number of fused-ring (bicyclic) bond motifs is 3. The summed E-state index contributed by atoms with van der Waals surface area (Å²) in [7, 11) is 0. The van der Waals surface area contributed by atoms with Gasteiger partial charge in [0.2, 0.25) is 5.52 Å². The molecule has 0 atom stereocenters. The molecule has 3 aromatic heterocycles. The van der Waals surface area contributed by atoms with Gasteiger partial charge in [-0.15, -0.1) is 0 Å². The van der Waals surface area contributed by atoms with Gasteiger partial charge in [-0.2, -0.15) is 4.73 Å². The minimum Gasteiger partial charge on any atom is -0.618 e. The van der Waals surface area contributed by atoms with Crippen molar-refractivity contribution in [2.24, 2.45) is 0 Å². The number of aryl methyl sites for hydroxylation is 3. The average Bonchev–Trinajstić information content (AvgIpc) is 2.85. The van der Waals surface area contributed by atoms with Crippen molar-refractivity contribution < 1.29 is 4.73 Å². The number of nitrogen functional groups attached to an aromatic ring is 1. The predicted molar refractivity (Wildman–Crippen MR) is 150 cm³/mol. The molecule has 0 spiro atoms. The zero-order valence-electron chi connectivity index (χ0n) is 20.4. The second-order valence-electron chi connectivity index (χ2n) is 8.66. The maximum absolute atomic E-state index is 11.2. The molecule has 0 saturated carbocycles. The van der Waals surface area contributed by atoms with Crippen LogP contribution < -0.4 is 10.5 Å². The lowest BCUT2D eigenvalue weighted by molar-refractivity contribution is -0.577. The summed E-state index contributed by atoms with van der Waals surface area (Å²) in [5.74, 6) is 0.575. The van der Waals surface area contributed by atoms with Crippen molar-refractivity contribution in [1.82, 2.24) is 9.97 Å². The first kappa shape index (κ1) is 24.9. The molecule has 0 saturated heterocycles. The number of hydrogen-bond donors (Lipinski definition) is 1. The topological polar surface area (TPSA) is 78.7 Å². The number of aromatic nitrogens is 3. The molecule has 3 aromatic carbocycles. The molecule has 6 heteroatoms. The zero-order chi connectivity index (χ0) is 25.7. The molecule has 36 heavy (non-hydrogen) atoms. The fourth-order valence-electron chi connectivity index (χ4n) is 3.79. The molecule has 6 aromatic rings. The van der Waals surface area contributed by atoms with Crippen molar-refractivity contribution in [3.05, 3.63) is 124 Å². The van der Waals surface area contributed by atoms with E-state index in [1.165, 1.54) is 22.9 Å². The van der Waals surface area contributed by atoms with Gasteiger partial charge in [0, 0.05) is 28.3 Å². The van der Waals surface area contributed by atoms with E-state index in [0.717, 1.165) is 37.4 Å². The Kier molecular flexibility index (Phi) is 7.62. The van der Waals surface area contributed by atoms with Crippen molar-refractivity contribution in [1.29, 1.82) is 0 Å². The van der Waals surface area contributed by atoms with Crippen LogP contribution in [0.25, 0.3) is 32.7 Å². The standard InChI is InChI=1S/C10H8ClN.C10H10N2.C10H9NO/c2*1-7-2-4-9-8(6-7)3-5-10(11)12-9;1-8-4-5-10-9(7-8)3-2-6-11(10)12/h2-6H,1H3;2-6H,1H3,(H2,11,12);2-7H,1H3. The Morgan fingerprint density at radius 3 is 1.89 bits per heavy atom. The third-order valence-corrected chi connectivity index (χ3v) is 5.81. The van der Waals surface area contributed by atoms with Gasteiger partial charge in [0.1, 0.15) is 11.0 Å². The number of hydrogen-bond acceptors (Lipinski definition) is 4. The number of anilines is 1. The molecule has 6 rings (SSSR count). The van der Waals surface area contributed by atoms with E-state index in [0.29, 0.717) is 11.0 Å². The number of pyridine rings is 3. The van der Waals surface area contributed by atoms with Crippen LogP contribution >= 0.6 is 11.6 Å². The Morgan fingerprint density at radius 1 is 0.667 bits per heavy atom. The normalized spacial score (nSPS) is 10.4. The van der Waals surface area contributed by atoms with Crippen LogP contribution in [-0.2, 0) is 0 Å². The van der Waals surface area contributed by atoms with Gasteiger partial charge >= 0.3 is 0 Å². The summed E-state index contributed by atoms with van der Waals surface area (Å²) in [4.78, 5) is 8.38. The second kappa shape index (κ2) is 11.0. The van der Waals surface area contributed by atoms with Crippen LogP contribution in [0.3, 0.4) is 0 Å². The van der Waals surface area contributed by atoms with Gasteiger partial charge in [-0.1, -0.05) is 46.5 Å². The molecular weight excluding hydrogens is 468 g/mol. The SMILES string of the molecule is Cc1ccc2c(ccc[n+]2[O-])c1.Cc1ccc2nc(Cl)ccc2c1.Cc1ccc2nc(N)ccc2c1. The third-order valence-electron chi connectivity index (χ3n) is 5.59. The summed E-state index contributed by atoms with van der Waals surface area (Å²) >= 11 is 5.75. The second-order valence-corrected chi connectivity index (χ2v) is 9.05. The van der Waals surface area contributed by atoms with E-state index in [1.54, 1.807) is 6.07 Å². The number of halogens is 1. The lowest BCUT2D eigenvalue weighted by Crippen LogP contribution is -2.25. The minimum atomic E-state index is 0.548. The molecule has 2 N–H and O–H groups in total. The average molecular weight is 495 g/mol. The van der Waals surface area contributed by atoms with Crippen LogP contribution in [0.5, 0.6) is 0 Å². The first-order valence-electron chi connectivity index (χ1n) is 11.5. The van der Waals surface area contributed by atoms with Gasteiger partial charge in [-0.3, -0.25) is 0 Å². The van der Waals surface area contributed by atoms with Crippen molar-refractivity contribution in [2.45, 2.75) is 20.8 Å². The predicted octanol–water partition coefficient (Wildman–Crippen LogP) is 7.10. The molecule has 0 fully saturated rings. The van der Waals surface area contributed by atoms with E-state index in [4.69, 9.17) is 17.3 Å². The molecule has 0 aliphatic carbocycles. The highest BCUT2D eigenvalue weighted by Gasteiger charge is 2.00. The highest BCUT2D eigenvalue weighted by molar-refractivity contribution is 6.29. The van der Waals surface area contributed by atoms with Crippen LogP contribution in [-0.4, -0.2) is 9.97 Å². The van der Waals surface area contributed by atoms with E-state index in [1.807, 2.05) is 79.7 Å². The van der Waals surface area contributed by atoms with E-state index in [9.17, 15) is 5.21 Å². The third kappa shape index (κ3) is 6.26. The molecule has 5 nitrogen and oxygen atoms in total. The number of nitrogens with zero attached hydrogens (tertiary/aromatic N) is 3. The summed E-state index contributed by atoms with van der Waals surface area (Å²) in [6.07, 6.45) is 1.51. The van der Waals surface area contributed by atoms with Crippen molar-refractivity contribution in [3.63, 3.8) is 0 Å². The Balaban J connectivity index is 0.000000127. The van der Waals surface area contributed by atoms with Gasteiger partial charge in [0.25, 0.3) is 0 Å². The summed E-state index contributed by atoms with van der Waals surface area (Å²) in [5, 5.41) is 15.0. The van der Waals surface area contributed by atoms with Gasteiger partial charge in [0.15, 0.2) is 6.20 Å². The first-order valence-corrected chi connectivity index (χ1v) is 11.9. The first-order chi connectivity index (χ1) is 17.3. The lowest BCUT2D eigenvalue weighted by Gasteiger charge is -2.00. The Hall–Kier alpha value is -4.22. The van der Waals surface area contributed by atoms with Crippen molar-refractivity contribution >= 4 is 50.1 Å². The van der Waals surface area contributed by atoms with Crippen LogP contribution in [0.4, 0.5) is 5.82 Å². The molecule has 0 aliphatic heterocycles. The molecule has 0 radical (unpaired) electrons. The summed E-state index contributed by atoms with van der Waals surface area (Å²) in [6.45, 7) is 6.14. The largest absolute Gasteiger partial charge is 0.618 e. The maximum Gasteiger partial charge on any atom is 0.223 e. The zero-order valence-corrected chi connectivity index (χ0v) is 21.2. The van der Waals surface area contributed by atoms with E-state index in [-0.39, 0.29) is 0 Å². The van der Waals surface area contributed by atoms with Crippen molar-refractivity contribution in [3.8, 4) is 0 Å². The maximum atomic E-state index is 11.2. The summed E-state index contributed by atoms with van der Waals surface area (Å²) < 4.78 is 0.884. The summed E-state index contributed by atoms with van der Waals surface area (Å²) in [5.41, 5.74) is 11.8. The minimum absolute atomic E-state index is 0.548. The highest BCUT2D eigenvalue weighted by atomic mass is 35.5. The van der Waals surface area contributed by atoms with Crippen LogP contribution in [0.15, 0.2) is 97.2 Å². The molecule has 3 heterocycles. The molecular formula is C30H27ClN4O. The van der Waals surface area contributed by atoms with E-state index >= 15 is 0 Å². The number of benzene rings is 3. The van der Waals surface area contributed by atoms with Gasteiger partial charge in [-0.05, 0) is 81.4 Å². The van der Waals surface area contributed by atoms with Gasteiger partial charge < -0.3 is 10.9 Å².